The van der Waals surface area contributed by atoms with E-state index in [9.17, 15) is 9.18 Å². The van der Waals surface area contributed by atoms with E-state index in [1.807, 2.05) is 0 Å². The fraction of sp³-hybridized carbons (Fsp3) is 0.588. The zero-order chi connectivity index (χ0) is 15.4. The van der Waals surface area contributed by atoms with Gasteiger partial charge in [0, 0.05) is 19.6 Å². The Kier molecular flexibility index (Phi) is 5.34. The highest BCUT2D eigenvalue weighted by molar-refractivity contribution is 5.94. The minimum atomic E-state index is -0.446. The van der Waals surface area contributed by atoms with Gasteiger partial charge < -0.3 is 9.80 Å². The van der Waals surface area contributed by atoms with E-state index in [1.54, 1.807) is 30.1 Å². The minimum Gasteiger partial charge on any atom is -0.337 e. The predicted molar refractivity (Wildman–Crippen MR) is 82.8 cm³/mol. The average Bonchev–Trinajstić information content (AvgIpc) is 2.96. The molecule has 0 aromatic heterocycles. The lowest BCUT2D eigenvalue weighted by Gasteiger charge is -2.34. The summed E-state index contributed by atoms with van der Waals surface area (Å²) in [7, 11) is 1.79. The van der Waals surface area contributed by atoms with E-state index >= 15 is 0 Å². The molecule has 1 fully saturated rings. The van der Waals surface area contributed by atoms with E-state index < -0.39 is 5.82 Å². The molecule has 0 bridgehead atoms. The van der Waals surface area contributed by atoms with Crippen molar-refractivity contribution in [3.63, 3.8) is 0 Å². The third-order valence-electron chi connectivity index (χ3n) is 4.34. The molecule has 2 rings (SSSR count). The standard InChI is InChI=1S/C17H25FN2O/c1-13(2)16(12-20-10-6-7-11-20)19(3)17(21)14-8-4-5-9-15(14)18/h4-5,8-9,13,16H,6-7,10-12H2,1-3H3. The highest BCUT2D eigenvalue weighted by Gasteiger charge is 2.28. The molecule has 1 aliphatic heterocycles. The third-order valence-corrected chi connectivity index (χ3v) is 4.34. The van der Waals surface area contributed by atoms with E-state index in [0.717, 1.165) is 19.6 Å². The molecule has 1 atom stereocenters. The van der Waals surface area contributed by atoms with Crippen molar-refractivity contribution in [2.75, 3.05) is 26.7 Å². The third kappa shape index (κ3) is 3.82. The molecule has 1 unspecified atom stereocenters. The summed E-state index contributed by atoms with van der Waals surface area (Å²) in [5, 5.41) is 0. The summed E-state index contributed by atoms with van der Waals surface area (Å²) in [6.45, 7) is 7.31. The Hall–Kier alpha value is -1.42. The van der Waals surface area contributed by atoms with Crippen LogP contribution >= 0.6 is 0 Å². The van der Waals surface area contributed by atoms with Crippen LogP contribution in [-0.4, -0.2) is 48.4 Å². The predicted octanol–water partition coefficient (Wildman–Crippen LogP) is 3.02. The molecular weight excluding hydrogens is 267 g/mol. The zero-order valence-electron chi connectivity index (χ0n) is 13.2. The number of carbonyl (C=O) groups excluding carboxylic acids is 1. The number of halogens is 1. The van der Waals surface area contributed by atoms with Gasteiger partial charge in [-0.05, 0) is 44.0 Å². The Labute approximate surface area is 126 Å². The van der Waals surface area contributed by atoms with Crippen LogP contribution in [-0.2, 0) is 0 Å². The maximum atomic E-state index is 13.8. The molecular formula is C17H25FN2O. The second-order valence-electron chi connectivity index (χ2n) is 6.21. The number of benzene rings is 1. The Bertz CT molecular complexity index is 483. The average molecular weight is 292 g/mol. The summed E-state index contributed by atoms with van der Waals surface area (Å²) in [4.78, 5) is 16.7. The molecule has 1 heterocycles. The number of hydrogen-bond donors (Lipinski definition) is 0. The lowest BCUT2D eigenvalue weighted by Crippen LogP contribution is -2.47. The molecule has 0 aliphatic carbocycles. The van der Waals surface area contributed by atoms with Crippen molar-refractivity contribution in [1.29, 1.82) is 0 Å². The first-order valence-corrected chi connectivity index (χ1v) is 7.74. The summed E-state index contributed by atoms with van der Waals surface area (Å²) in [5.74, 6) is -0.338. The number of rotatable bonds is 5. The fourth-order valence-electron chi connectivity index (χ4n) is 2.99. The number of hydrogen-bond acceptors (Lipinski definition) is 2. The van der Waals surface area contributed by atoms with Gasteiger partial charge in [0.15, 0.2) is 0 Å². The normalized spacial score (nSPS) is 17.2. The van der Waals surface area contributed by atoms with Crippen molar-refractivity contribution in [1.82, 2.24) is 9.80 Å². The zero-order valence-corrected chi connectivity index (χ0v) is 13.2. The summed E-state index contributed by atoms with van der Waals surface area (Å²) >= 11 is 0. The molecule has 4 heteroatoms. The Balaban J connectivity index is 2.12. The summed E-state index contributed by atoms with van der Waals surface area (Å²) < 4.78 is 13.8. The van der Waals surface area contributed by atoms with Gasteiger partial charge in [-0.15, -0.1) is 0 Å². The molecule has 1 aliphatic rings. The Morgan fingerprint density at radius 1 is 1.29 bits per heavy atom. The molecule has 1 amide bonds. The number of carbonyl (C=O) groups is 1. The van der Waals surface area contributed by atoms with Crippen molar-refractivity contribution in [2.45, 2.75) is 32.7 Å². The van der Waals surface area contributed by atoms with Crippen LogP contribution in [0.1, 0.15) is 37.0 Å². The summed E-state index contributed by atoms with van der Waals surface area (Å²) in [6, 6.07) is 6.31. The first-order valence-electron chi connectivity index (χ1n) is 7.74. The van der Waals surface area contributed by atoms with Gasteiger partial charge in [-0.3, -0.25) is 4.79 Å². The second-order valence-corrected chi connectivity index (χ2v) is 6.21. The Morgan fingerprint density at radius 3 is 2.48 bits per heavy atom. The maximum absolute atomic E-state index is 13.8. The summed E-state index contributed by atoms with van der Waals surface area (Å²) in [6.07, 6.45) is 2.46. The Morgan fingerprint density at radius 2 is 1.90 bits per heavy atom. The van der Waals surface area contributed by atoms with Crippen LogP contribution in [0.2, 0.25) is 0 Å². The second kappa shape index (κ2) is 7.03. The van der Waals surface area contributed by atoms with E-state index in [0.29, 0.717) is 5.92 Å². The maximum Gasteiger partial charge on any atom is 0.256 e. The first kappa shape index (κ1) is 16.0. The van der Waals surface area contributed by atoms with Gasteiger partial charge in [-0.1, -0.05) is 26.0 Å². The highest BCUT2D eigenvalue weighted by Crippen LogP contribution is 2.18. The molecule has 0 N–H and O–H groups in total. The van der Waals surface area contributed by atoms with Gasteiger partial charge in [0.1, 0.15) is 5.82 Å². The number of amides is 1. The van der Waals surface area contributed by atoms with Crippen LogP contribution in [0.5, 0.6) is 0 Å². The number of likely N-dealkylation sites (N-methyl/N-ethyl adjacent to an activating group) is 1. The van der Waals surface area contributed by atoms with E-state index in [-0.39, 0.29) is 17.5 Å². The molecule has 21 heavy (non-hydrogen) atoms. The van der Waals surface area contributed by atoms with Crippen LogP contribution in [0.15, 0.2) is 24.3 Å². The molecule has 1 saturated heterocycles. The van der Waals surface area contributed by atoms with Crippen LogP contribution in [0.4, 0.5) is 4.39 Å². The van der Waals surface area contributed by atoms with Crippen LogP contribution in [0.25, 0.3) is 0 Å². The molecule has 1 aromatic carbocycles. The van der Waals surface area contributed by atoms with Crippen molar-refractivity contribution in [3.8, 4) is 0 Å². The quantitative estimate of drug-likeness (QED) is 0.833. The molecule has 0 spiro atoms. The van der Waals surface area contributed by atoms with Crippen LogP contribution < -0.4 is 0 Å². The fourth-order valence-corrected chi connectivity index (χ4v) is 2.99. The largest absolute Gasteiger partial charge is 0.337 e. The van der Waals surface area contributed by atoms with E-state index in [4.69, 9.17) is 0 Å². The minimum absolute atomic E-state index is 0.107. The lowest BCUT2D eigenvalue weighted by molar-refractivity contribution is 0.0637. The van der Waals surface area contributed by atoms with E-state index in [2.05, 4.69) is 18.7 Å². The van der Waals surface area contributed by atoms with Gasteiger partial charge >= 0.3 is 0 Å². The van der Waals surface area contributed by atoms with Crippen LogP contribution in [0, 0.1) is 11.7 Å². The van der Waals surface area contributed by atoms with Gasteiger partial charge in [0.25, 0.3) is 5.91 Å². The smallest absolute Gasteiger partial charge is 0.256 e. The molecule has 1 aromatic rings. The van der Waals surface area contributed by atoms with Crippen molar-refractivity contribution in [3.05, 3.63) is 35.6 Å². The molecule has 116 valence electrons. The van der Waals surface area contributed by atoms with Gasteiger partial charge in [-0.25, -0.2) is 4.39 Å². The highest BCUT2D eigenvalue weighted by atomic mass is 19.1. The number of likely N-dealkylation sites (tertiary alicyclic amines) is 1. The van der Waals surface area contributed by atoms with Crippen molar-refractivity contribution in [2.24, 2.45) is 5.92 Å². The number of nitrogens with zero attached hydrogens (tertiary/aromatic N) is 2. The molecule has 0 radical (unpaired) electrons. The van der Waals surface area contributed by atoms with Crippen molar-refractivity contribution < 1.29 is 9.18 Å². The molecule has 0 saturated carbocycles. The van der Waals surface area contributed by atoms with Crippen molar-refractivity contribution >= 4 is 5.91 Å². The summed E-state index contributed by atoms with van der Waals surface area (Å²) in [5.41, 5.74) is 0.159. The van der Waals surface area contributed by atoms with Gasteiger partial charge in [0.05, 0.1) is 5.56 Å². The van der Waals surface area contributed by atoms with E-state index in [1.165, 1.54) is 18.9 Å². The molecule has 3 nitrogen and oxygen atoms in total. The van der Waals surface area contributed by atoms with Crippen LogP contribution in [0.3, 0.4) is 0 Å². The monoisotopic (exact) mass is 292 g/mol. The SMILES string of the molecule is CC(C)C(CN1CCCC1)N(C)C(=O)c1ccccc1F. The van der Waals surface area contributed by atoms with Gasteiger partial charge in [-0.2, -0.15) is 0 Å². The lowest BCUT2D eigenvalue weighted by atomic mass is 10.0. The first-order chi connectivity index (χ1) is 10.0. The topological polar surface area (TPSA) is 23.6 Å². The van der Waals surface area contributed by atoms with Gasteiger partial charge in [0.2, 0.25) is 0 Å².